The van der Waals surface area contributed by atoms with Crippen molar-refractivity contribution in [3.63, 3.8) is 0 Å². The third-order valence-corrected chi connectivity index (χ3v) is 3.93. The van der Waals surface area contributed by atoms with Crippen molar-refractivity contribution in [2.75, 3.05) is 12.3 Å². The van der Waals surface area contributed by atoms with Gasteiger partial charge in [0.05, 0.1) is 5.92 Å². The molecule has 0 bridgehead atoms. The number of alkyl halides is 3. The van der Waals surface area contributed by atoms with E-state index in [9.17, 15) is 18.0 Å². The minimum absolute atomic E-state index is 0.0252. The number of hydrogen-bond donors (Lipinski definition) is 2. The SMILES string of the molecule is Nc1nnc(CCNC(=O)CC2CCC(C(F)(F)F)CC2)o1. The van der Waals surface area contributed by atoms with Crippen LogP contribution in [-0.4, -0.2) is 28.8 Å². The van der Waals surface area contributed by atoms with Crippen LogP contribution in [0.3, 0.4) is 0 Å². The fourth-order valence-corrected chi connectivity index (χ4v) is 2.70. The Morgan fingerprint density at radius 2 is 1.95 bits per heavy atom. The summed E-state index contributed by atoms with van der Waals surface area (Å²) in [5.74, 6) is -1.01. The van der Waals surface area contributed by atoms with E-state index in [1.807, 2.05) is 0 Å². The minimum Gasteiger partial charge on any atom is -0.408 e. The van der Waals surface area contributed by atoms with Crippen molar-refractivity contribution in [2.24, 2.45) is 11.8 Å². The van der Waals surface area contributed by atoms with Crippen LogP contribution in [-0.2, 0) is 11.2 Å². The standard InChI is InChI=1S/C13H19F3N4O2/c14-13(15,16)9-3-1-8(2-4-9)7-10(21)18-6-5-11-19-20-12(17)22-11/h8-9H,1-7H2,(H2,17,20)(H,18,21). The maximum absolute atomic E-state index is 12.6. The Kier molecular flexibility index (Phi) is 5.25. The predicted molar refractivity (Wildman–Crippen MR) is 71.5 cm³/mol. The second kappa shape index (κ2) is 6.97. The summed E-state index contributed by atoms with van der Waals surface area (Å²) >= 11 is 0. The number of nitrogens with two attached hydrogens (primary N) is 1. The lowest BCUT2D eigenvalue weighted by atomic mass is 9.80. The van der Waals surface area contributed by atoms with E-state index in [0.29, 0.717) is 31.7 Å². The highest BCUT2D eigenvalue weighted by molar-refractivity contribution is 5.76. The van der Waals surface area contributed by atoms with Gasteiger partial charge < -0.3 is 15.5 Å². The van der Waals surface area contributed by atoms with Gasteiger partial charge in [-0.05, 0) is 31.6 Å². The van der Waals surface area contributed by atoms with E-state index in [-0.39, 0.29) is 37.1 Å². The van der Waals surface area contributed by atoms with Crippen molar-refractivity contribution in [2.45, 2.75) is 44.7 Å². The average molecular weight is 320 g/mol. The van der Waals surface area contributed by atoms with Gasteiger partial charge in [0.1, 0.15) is 0 Å². The first-order chi connectivity index (χ1) is 10.3. The molecule has 1 aliphatic rings. The molecule has 1 heterocycles. The van der Waals surface area contributed by atoms with Crippen LogP contribution in [0.15, 0.2) is 4.42 Å². The molecule has 1 aromatic heterocycles. The van der Waals surface area contributed by atoms with Gasteiger partial charge in [0.2, 0.25) is 11.8 Å². The number of anilines is 1. The van der Waals surface area contributed by atoms with Crippen LogP contribution >= 0.6 is 0 Å². The summed E-state index contributed by atoms with van der Waals surface area (Å²) in [5, 5.41) is 9.85. The number of halogens is 3. The highest BCUT2D eigenvalue weighted by Gasteiger charge is 2.41. The molecule has 0 unspecified atom stereocenters. The largest absolute Gasteiger partial charge is 0.408 e. The van der Waals surface area contributed by atoms with Crippen molar-refractivity contribution in [3.05, 3.63) is 5.89 Å². The summed E-state index contributed by atoms with van der Waals surface area (Å²) in [5.41, 5.74) is 5.27. The Morgan fingerprint density at radius 3 is 2.50 bits per heavy atom. The van der Waals surface area contributed by atoms with Gasteiger partial charge in [-0.1, -0.05) is 5.10 Å². The van der Waals surface area contributed by atoms with Crippen LogP contribution in [0.25, 0.3) is 0 Å². The monoisotopic (exact) mass is 320 g/mol. The van der Waals surface area contributed by atoms with E-state index in [1.54, 1.807) is 0 Å². The van der Waals surface area contributed by atoms with Crippen LogP contribution in [0.5, 0.6) is 0 Å². The zero-order chi connectivity index (χ0) is 16.2. The van der Waals surface area contributed by atoms with Gasteiger partial charge in [0.15, 0.2) is 0 Å². The fraction of sp³-hybridized carbons (Fsp3) is 0.769. The molecule has 22 heavy (non-hydrogen) atoms. The van der Waals surface area contributed by atoms with E-state index in [2.05, 4.69) is 15.5 Å². The van der Waals surface area contributed by atoms with E-state index >= 15 is 0 Å². The number of nitrogens with zero attached hydrogens (tertiary/aromatic N) is 2. The first kappa shape index (κ1) is 16.6. The number of nitrogens with one attached hydrogen (secondary N) is 1. The zero-order valence-electron chi connectivity index (χ0n) is 12.0. The first-order valence-corrected chi connectivity index (χ1v) is 7.26. The Labute approximate surface area is 125 Å². The molecule has 0 aromatic carbocycles. The Morgan fingerprint density at radius 1 is 1.27 bits per heavy atom. The van der Waals surface area contributed by atoms with Gasteiger partial charge in [0.25, 0.3) is 0 Å². The van der Waals surface area contributed by atoms with Crippen molar-refractivity contribution in [1.82, 2.24) is 15.5 Å². The molecule has 1 amide bonds. The number of nitrogen functional groups attached to an aromatic ring is 1. The topological polar surface area (TPSA) is 94.0 Å². The summed E-state index contributed by atoms with van der Waals surface area (Å²) in [6.45, 7) is 0.332. The quantitative estimate of drug-likeness (QED) is 0.866. The average Bonchev–Trinajstić information content (AvgIpc) is 2.84. The zero-order valence-corrected chi connectivity index (χ0v) is 12.0. The normalized spacial score (nSPS) is 22.5. The third-order valence-electron chi connectivity index (χ3n) is 3.93. The molecule has 1 aromatic rings. The fourth-order valence-electron chi connectivity index (χ4n) is 2.70. The second-order valence-corrected chi connectivity index (χ2v) is 5.60. The van der Waals surface area contributed by atoms with E-state index in [0.717, 1.165) is 0 Å². The molecule has 1 saturated carbocycles. The summed E-state index contributed by atoms with van der Waals surface area (Å²) in [7, 11) is 0. The number of carbonyl (C=O) groups is 1. The van der Waals surface area contributed by atoms with E-state index in [4.69, 9.17) is 10.2 Å². The van der Waals surface area contributed by atoms with Crippen molar-refractivity contribution < 1.29 is 22.4 Å². The molecule has 0 aliphatic heterocycles. The van der Waals surface area contributed by atoms with Gasteiger partial charge in [-0.2, -0.15) is 13.2 Å². The second-order valence-electron chi connectivity index (χ2n) is 5.60. The molecular formula is C13H19F3N4O2. The molecule has 3 N–H and O–H groups in total. The molecule has 0 atom stereocenters. The van der Waals surface area contributed by atoms with Crippen LogP contribution in [0.2, 0.25) is 0 Å². The van der Waals surface area contributed by atoms with Crippen LogP contribution in [0.1, 0.15) is 38.0 Å². The molecule has 1 aliphatic carbocycles. The first-order valence-electron chi connectivity index (χ1n) is 7.26. The van der Waals surface area contributed by atoms with E-state index in [1.165, 1.54) is 0 Å². The van der Waals surface area contributed by atoms with Crippen LogP contribution in [0.4, 0.5) is 19.2 Å². The number of rotatable bonds is 5. The van der Waals surface area contributed by atoms with Crippen molar-refractivity contribution >= 4 is 11.9 Å². The minimum atomic E-state index is -4.11. The summed E-state index contributed by atoms with van der Waals surface area (Å²) in [6, 6.07) is -0.0252. The lowest BCUT2D eigenvalue weighted by Crippen LogP contribution is -2.31. The highest BCUT2D eigenvalue weighted by atomic mass is 19.4. The Hall–Kier alpha value is -1.80. The number of aromatic nitrogens is 2. The molecular weight excluding hydrogens is 301 g/mol. The summed E-state index contributed by atoms with van der Waals surface area (Å²) < 4.78 is 42.6. The summed E-state index contributed by atoms with van der Waals surface area (Å²) in [6.07, 6.45) is -2.37. The Balaban J connectivity index is 1.64. The van der Waals surface area contributed by atoms with Crippen molar-refractivity contribution in [3.8, 4) is 0 Å². The highest BCUT2D eigenvalue weighted by Crippen LogP contribution is 2.40. The summed E-state index contributed by atoms with van der Waals surface area (Å²) in [4.78, 5) is 11.8. The smallest absolute Gasteiger partial charge is 0.391 e. The number of carbonyl (C=O) groups excluding carboxylic acids is 1. The number of amides is 1. The Bertz CT molecular complexity index is 496. The van der Waals surface area contributed by atoms with Crippen LogP contribution in [0, 0.1) is 11.8 Å². The van der Waals surface area contributed by atoms with Gasteiger partial charge in [-0.3, -0.25) is 4.79 Å². The molecule has 0 saturated heterocycles. The lowest BCUT2D eigenvalue weighted by molar-refractivity contribution is -0.184. The van der Waals surface area contributed by atoms with E-state index < -0.39 is 12.1 Å². The molecule has 124 valence electrons. The van der Waals surface area contributed by atoms with Gasteiger partial charge in [-0.15, -0.1) is 5.10 Å². The maximum atomic E-state index is 12.6. The maximum Gasteiger partial charge on any atom is 0.391 e. The lowest BCUT2D eigenvalue weighted by Gasteiger charge is -2.29. The molecule has 6 nitrogen and oxygen atoms in total. The number of hydrogen-bond acceptors (Lipinski definition) is 5. The molecule has 2 rings (SSSR count). The van der Waals surface area contributed by atoms with Crippen LogP contribution < -0.4 is 11.1 Å². The molecule has 9 heteroatoms. The van der Waals surface area contributed by atoms with Gasteiger partial charge in [0, 0.05) is 19.4 Å². The molecule has 0 spiro atoms. The molecule has 0 radical (unpaired) electrons. The van der Waals surface area contributed by atoms with Crippen molar-refractivity contribution in [1.29, 1.82) is 0 Å². The van der Waals surface area contributed by atoms with Gasteiger partial charge >= 0.3 is 12.2 Å². The molecule has 1 fully saturated rings. The predicted octanol–water partition coefficient (Wildman–Crippen LogP) is 2.07. The third kappa shape index (κ3) is 4.88. The van der Waals surface area contributed by atoms with Gasteiger partial charge in [-0.25, -0.2) is 0 Å².